The molecule has 0 saturated heterocycles. The summed E-state index contributed by atoms with van der Waals surface area (Å²) in [6.07, 6.45) is 0. The largest absolute Gasteiger partial charge is 0.0918 e. The summed E-state index contributed by atoms with van der Waals surface area (Å²) in [4.78, 5) is 0. The average molecular weight is 757 g/mol. The summed E-state index contributed by atoms with van der Waals surface area (Å²) in [6.45, 7) is 0. The SMILES string of the molecule is S=P(CP(=S)(CP(=S)(c1ccccc1)c1ccccc1)c1ccccc1)(CP(=S)(c1ccccc1)c1ccccc1)c1ccccc1. The quantitative estimate of drug-likeness (QED) is 0.115. The lowest BCUT2D eigenvalue weighted by Crippen LogP contribution is -2.25. The van der Waals surface area contributed by atoms with Crippen LogP contribution in [0, 0.1) is 0 Å². The summed E-state index contributed by atoms with van der Waals surface area (Å²) in [6, 6.07) is 54.9. The molecule has 0 amide bonds. The highest BCUT2D eigenvalue weighted by molar-refractivity contribution is 8.36. The van der Waals surface area contributed by atoms with Crippen LogP contribution in [-0.2, 0) is 47.2 Å². The maximum Gasteiger partial charge on any atom is 0.0178 e. The number of hydrogen-bond acceptors (Lipinski definition) is 4. The Morgan fingerprint density at radius 3 is 0.660 bits per heavy atom. The summed E-state index contributed by atoms with van der Waals surface area (Å²) in [5, 5.41) is 7.26. The van der Waals surface area contributed by atoms with E-state index in [4.69, 9.17) is 47.2 Å². The van der Waals surface area contributed by atoms with Crippen LogP contribution in [0.15, 0.2) is 182 Å². The smallest absolute Gasteiger partial charge is 0.0178 e. The first-order valence-electron chi connectivity index (χ1n) is 15.4. The van der Waals surface area contributed by atoms with E-state index in [1.807, 2.05) is 0 Å². The minimum Gasteiger partial charge on any atom is -0.0918 e. The molecule has 47 heavy (non-hydrogen) atoms. The molecule has 6 aromatic carbocycles. The lowest BCUT2D eigenvalue weighted by atomic mass is 10.4. The second-order valence-electron chi connectivity index (χ2n) is 11.7. The van der Waals surface area contributed by atoms with Crippen molar-refractivity contribution in [3.63, 3.8) is 0 Å². The highest BCUT2D eigenvalue weighted by Crippen LogP contribution is 2.71. The van der Waals surface area contributed by atoms with E-state index in [2.05, 4.69) is 182 Å². The molecule has 8 heteroatoms. The number of benzene rings is 6. The second kappa shape index (κ2) is 15.2. The van der Waals surface area contributed by atoms with Gasteiger partial charge >= 0.3 is 0 Å². The van der Waals surface area contributed by atoms with Crippen molar-refractivity contribution in [2.24, 2.45) is 0 Å². The predicted octanol–water partition coefficient (Wildman–Crippen LogP) is 8.73. The van der Waals surface area contributed by atoms with Crippen LogP contribution in [0.4, 0.5) is 0 Å². The van der Waals surface area contributed by atoms with E-state index in [0.717, 1.165) is 17.7 Å². The Kier molecular flexibility index (Phi) is 11.3. The Morgan fingerprint density at radius 1 is 0.255 bits per heavy atom. The van der Waals surface area contributed by atoms with Gasteiger partial charge in [-0.3, -0.25) is 0 Å². The van der Waals surface area contributed by atoms with Crippen LogP contribution < -0.4 is 31.8 Å². The van der Waals surface area contributed by atoms with E-state index >= 15 is 0 Å². The molecule has 0 nitrogen and oxygen atoms in total. The van der Waals surface area contributed by atoms with Crippen LogP contribution in [0.25, 0.3) is 0 Å². The van der Waals surface area contributed by atoms with Gasteiger partial charge in [-0.2, -0.15) is 0 Å². The molecule has 0 spiro atoms. The average Bonchev–Trinajstić information content (AvgIpc) is 3.13. The monoisotopic (exact) mass is 756 g/mol. The van der Waals surface area contributed by atoms with Gasteiger partial charge in [-0.1, -0.05) is 229 Å². The summed E-state index contributed by atoms with van der Waals surface area (Å²) in [7, 11) is 0. The van der Waals surface area contributed by atoms with Crippen LogP contribution >= 0.6 is 24.2 Å². The Balaban J connectivity index is 1.55. The Morgan fingerprint density at radius 2 is 0.447 bits per heavy atom. The van der Waals surface area contributed by atoms with Crippen molar-refractivity contribution in [3.05, 3.63) is 182 Å². The molecule has 0 aliphatic carbocycles. The Bertz CT molecular complexity index is 1870. The third kappa shape index (κ3) is 7.73. The highest BCUT2D eigenvalue weighted by atomic mass is 32.5. The van der Waals surface area contributed by atoms with E-state index < -0.39 is 24.2 Å². The van der Waals surface area contributed by atoms with Gasteiger partial charge in [-0.15, -0.1) is 0 Å². The first-order valence-corrected chi connectivity index (χ1v) is 27.8. The van der Waals surface area contributed by atoms with Crippen molar-refractivity contribution in [2.45, 2.75) is 0 Å². The van der Waals surface area contributed by atoms with Gasteiger partial charge in [0, 0.05) is 29.8 Å². The standard InChI is InChI=1S/C39H36P4S4/c44-40(34-19-7-1-8-20-34,32-42(46,36-23-11-3-12-24-36)37-25-13-4-14-26-37)31-41(45,35-21-9-2-10-22-35)33-43(47,38-27-15-5-16-28-38)39-29-17-6-18-30-39/h1-30H,31-33H2. The van der Waals surface area contributed by atoms with Gasteiger partial charge in [-0.25, -0.2) is 0 Å². The normalized spacial score (nSPS) is 14.5. The minimum atomic E-state index is -2.39. The highest BCUT2D eigenvalue weighted by Gasteiger charge is 2.39. The molecule has 0 saturated carbocycles. The maximum absolute atomic E-state index is 7.10. The fourth-order valence-electron chi connectivity index (χ4n) is 6.13. The van der Waals surface area contributed by atoms with Crippen molar-refractivity contribution >= 4 is 103 Å². The van der Waals surface area contributed by atoms with Crippen LogP contribution in [0.1, 0.15) is 0 Å². The maximum atomic E-state index is 7.10. The molecule has 0 radical (unpaired) electrons. The second-order valence-corrected chi connectivity index (χ2v) is 32.6. The van der Waals surface area contributed by atoms with Gasteiger partial charge in [0.2, 0.25) is 0 Å². The zero-order chi connectivity index (χ0) is 32.8. The molecule has 0 aromatic heterocycles. The van der Waals surface area contributed by atoms with Crippen LogP contribution in [0.2, 0.25) is 0 Å². The minimum absolute atomic E-state index is 0.757. The van der Waals surface area contributed by atoms with Crippen LogP contribution in [0.5, 0.6) is 0 Å². The molecular formula is C39H36P4S4. The molecule has 0 bridgehead atoms. The van der Waals surface area contributed by atoms with E-state index in [1.165, 1.54) is 31.8 Å². The number of rotatable bonds is 12. The molecule has 6 rings (SSSR count). The topological polar surface area (TPSA) is 0 Å². The van der Waals surface area contributed by atoms with Gasteiger partial charge in [0.15, 0.2) is 0 Å². The summed E-state index contributed by atoms with van der Waals surface area (Å²) in [5.74, 6) is 2.27. The third-order valence-corrected chi connectivity index (χ3v) is 36.0. The fraction of sp³-hybridized carbons (Fsp3) is 0.0769. The molecule has 0 fully saturated rings. The van der Waals surface area contributed by atoms with Crippen molar-refractivity contribution in [1.29, 1.82) is 0 Å². The van der Waals surface area contributed by atoms with Crippen LogP contribution in [-0.4, -0.2) is 17.7 Å². The molecule has 2 unspecified atom stereocenters. The van der Waals surface area contributed by atoms with Crippen molar-refractivity contribution in [3.8, 4) is 0 Å². The van der Waals surface area contributed by atoms with Gasteiger partial charge in [-0.05, 0) is 43.9 Å². The predicted molar refractivity (Wildman–Crippen MR) is 228 cm³/mol. The molecule has 0 heterocycles. The first kappa shape index (κ1) is 34.8. The van der Waals surface area contributed by atoms with Gasteiger partial charge in [0.25, 0.3) is 0 Å². The number of hydrogen-bond donors (Lipinski definition) is 0. The molecule has 0 N–H and O–H groups in total. The van der Waals surface area contributed by atoms with Crippen molar-refractivity contribution in [2.75, 3.05) is 17.7 Å². The molecule has 0 aliphatic rings. The molecule has 0 aliphatic heterocycles. The lowest BCUT2D eigenvalue weighted by Gasteiger charge is -2.38. The van der Waals surface area contributed by atoms with Crippen molar-refractivity contribution < 1.29 is 0 Å². The molecule has 2 atom stereocenters. The zero-order valence-corrected chi connectivity index (χ0v) is 32.7. The van der Waals surface area contributed by atoms with Crippen LogP contribution in [0.3, 0.4) is 0 Å². The van der Waals surface area contributed by atoms with Gasteiger partial charge in [0.1, 0.15) is 0 Å². The zero-order valence-electron chi connectivity index (χ0n) is 25.9. The molecular weight excluding hydrogens is 721 g/mol. The summed E-state index contributed by atoms with van der Waals surface area (Å²) < 4.78 is 0. The first-order chi connectivity index (χ1) is 22.8. The Hall–Kier alpha value is -2.08. The van der Waals surface area contributed by atoms with E-state index in [-0.39, 0.29) is 0 Å². The molecule has 236 valence electrons. The van der Waals surface area contributed by atoms with Gasteiger partial charge in [0.05, 0.1) is 0 Å². The summed E-state index contributed by atoms with van der Waals surface area (Å²) >= 11 is 28.0. The lowest BCUT2D eigenvalue weighted by molar-refractivity contribution is 1.72. The summed E-state index contributed by atoms with van der Waals surface area (Å²) in [5.41, 5.74) is 0. The Labute approximate surface area is 300 Å². The molecule has 6 aromatic rings. The van der Waals surface area contributed by atoms with Crippen molar-refractivity contribution in [1.82, 2.24) is 0 Å². The van der Waals surface area contributed by atoms with E-state index in [0.29, 0.717) is 0 Å². The fourth-order valence-corrected chi connectivity index (χ4v) is 40.8. The van der Waals surface area contributed by atoms with E-state index in [1.54, 1.807) is 0 Å². The van der Waals surface area contributed by atoms with Gasteiger partial charge < -0.3 is 0 Å². The third-order valence-electron chi connectivity index (χ3n) is 8.46. The van der Waals surface area contributed by atoms with E-state index in [9.17, 15) is 0 Å².